The van der Waals surface area contributed by atoms with E-state index in [-0.39, 0.29) is 16.5 Å². The van der Waals surface area contributed by atoms with Crippen LogP contribution in [0.1, 0.15) is 0 Å². The van der Waals surface area contributed by atoms with Crippen LogP contribution in [0, 0.1) is 0 Å². The standard InChI is InChI=1S/C23H22N4O5S/c1-30-16-9-11-17(12-10-16)33(28,29)27-23-22(25-18-6-4-5-7-19(18)26-23)24-15-8-13-20(31-2)21(14-15)32-3/h4-14H,1-3H3,(H,24,25)(H,26,27). The summed E-state index contributed by atoms with van der Waals surface area (Å²) in [6, 6.07) is 18.5. The molecule has 1 heterocycles. The predicted molar refractivity (Wildman–Crippen MR) is 126 cm³/mol. The van der Waals surface area contributed by atoms with E-state index in [1.165, 1.54) is 26.4 Å². The molecule has 0 fully saturated rings. The molecule has 0 unspecified atom stereocenters. The van der Waals surface area contributed by atoms with Crippen LogP contribution >= 0.6 is 0 Å². The number of hydrogen-bond acceptors (Lipinski definition) is 8. The molecule has 10 heteroatoms. The molecule has 0 atom stereocenters. The fourth-order valence-electron chi connectivity index (χ4n) is 3.15. The fourth-order valence-corrected chi connectivity index (χ4v) is 4.16. The maximum absolute atomic E-state index is 13.0. The molecule has 0 aliphatic heterocycles. The van der Waals surface area contributed by atoms with E-state index in [2.05, 4.69) is 20.0 Å². The molecule has 0 bridgehead atoms. The van der Waals surface area contributed by atoms with Gasteiger partial charge >= 0.3 is 0 Å². The van der Waals surface area contributed by atoms with Crippen molar-refractivity contribution in [1.82, 2.24) is 9.97 Å². The summed E-state index contributed by atoms with van der Waals surface area (Å²) in [6.07, 6.45) is 0. The van der Waals surface area contributed by atoms with Crippen molar-refractivity contribution in [3.8, 4) is 17.2 Å². The van der Waals surface area contributed by atoms with Gasteiger partial charge in [-0.2, -0.15) is 0 Å². The van der Waals surface area contributed by atoms with Crippen molar-refractivity contribution in [3.63, 3.8) is 0 Å². The monoisotopic (exact) mass is 466 g/mol. The second-order valence-electron chi connectivity index (χ2n) is 6.89. The molecule has 2 N–H and O–H groups in total. The molecule has 0 saturated heterocycles. The van der Waals surface area contributed by atoms with Crippen molar-refractivity contribution < 1.29 is 22.6 Å². The van der Waals surface area contributed by atoms with Gasteiger partial charge in [0.25, 0.3) is 10.0 Å². The summed E-state index contributed by atoms with van der Waals surface area (Å²) in [7, 11) is 0.655. The zero-order valence-electron chi connectivity index (χ0n) is 18.2. The van der Waals surface area contributed by atoms with Gasteiger partial charge in [0.05, 0.1) is 37.3 Å². The molecule has 0 aliphatic carbocycles. The van der Waals surface area contributed by atoms with Gasteiger partial charge in [0.2, 0.25) is 0 Å². The molecular weight excluding hydrogens is 444 g/mol. The Kier molecular flexibility index (Phi) is 6.18. The van der Waals surface area contributed by atoms with Gasteiger partial charge in [-0.15, -0.1) is 0 Å². The highest BCUT2D eigenvalue weighted by molar-refractivity contribution is 7.92. The van der Waals surface area contributed by atoms with Crippen LogP contribution in [-0.2, 0) is 10.0 Å². The quantitative estimate of drug-likeness (QED) is 0.397. The van der Waals surface area contributed by atoms with Crippen LogP contribution in [-0.4, -0.2) is 39.7 Å². The second kappa shape index (κ2) is 9.21. The lowest BCUT2D eigenvalue weighted by Crippen LogP contribution is -2.16. The summed E-state index contributed by atoms with van der Waals surface area (Å²) in [5.41, 5.74) is 1.76. The Morgan fingerprint density at radius 1 is 0.727 bits per heavy atom. The summed E-state index contributed by atoms with van der Waals surface area (Å²) >= 11 is 0. The van der Waals surface area contributed by atoms with E-state index < -0.39 is 10.0 Å². The van der Waals surface area contributed by atoms with Crippen molar-refractivity contribution in [3.05, 3.63) is 66.7 Å². The van der Waals surface area contributed by atoms with Crippen molar-refractivity contribution in [2.24, 2.45) is 0 Å². The third-order valence-corrected chi connectivity index (χ3v) is 6.17. The number of benzene rings is 3. The van der Waals surface area contributed by atoms with E-state index in [0.29, 0.717) is 34.0 Å². The Morgan fingerprint density at radius 3 is 1.97 bits per heavy atom. The first kappa shape index (κ1) is 22.2. The smallest absolute Gasteiger partial charge is 0.263 e. The maximum Gasteiger partial charge on any atom is 0.263 e. The molecule has 1 aromatic heterocycles. The summed E-state index contributed by atoms with van der Waals surface area (Å²) < 4.78 is 44.4. The number of aromatic nitrogens is 2. The summed E-state index contributed by atoms with van der Waals surface area (Å²) in [5, 5.41) is 3.13. The first-order valence-electron chi connectivity index (χ1n) is 9.86. The number of hydrogen-bond donors (Lipinski definition) is 2. The van der Waals surface area contributed by atoms with Gasteiger partial charge in [0, 0.05) is 11.8 Å². The van der Waals surface area contributed by atoms with E-state index in [0.717, 1.165) is 0 Å². The molecule has 4 aromatic rings. The zero-order valence-corrected chi connectivity index (χ0v) is 19.0. The van der Waals surface area contributed by atoms with E-state index in [4.69, 9.17) is 14.2 Å². The van der Waals surface area contributed by atoms with E-state index in [1.54, 1.807) is 55.6 Å². The average molecular weight is 467 g/mol. The highest BCUT2D eigenvalue weighted by atomic mass is 32.2. The van der Waals surface area contributed by atoms with Gasteiger partial charge < -0.3 is 19.5 Å². The Labute approximate surface area is 191 Å². The molecule has 3 aromatic carbocycles. The third-order valence-electron chi connectivity index (χ3n) is 4.82. The third kappa shape index (κ3) is 4.75. The highest BCUT2D eigenvalue weighted by Gasteiger charge is 2.19. The molecule has 0 spiro atoms. The summed E-state index contributed by atoms with van der Waals surface area (Å²) in [4.78, 5) is 9.14. The van der Waals surface area contributed by atoms with Gasteiger partial charge in [-0.1, -0.05) is 12.1 Å². The molecular formula is C23H22N4O5S. The molecule has 33 heavy (non-hydrogen) atoms. The number of para-hydroxylation sites is 2. The Hall–Kier alpha value is -4.05. The van der Waals surface area contributed by atoms with E-state index in [1.807, 2.05) is 6.07 Å². The molecule has 0 aliphatic rings. The molecule has 0 saturated carbocycles. The topological polar surface area (TPSA) is 112 Å². The Morgan fingerprint density at radius 2 is 1.36 bits per heavy atom. The maximum atomic E-state index is 13.0. The fraction of sp³-hybridized carbons (Fsp3) is 0.130. The van der Waals surface area contributed by atoms with E-state index in [9.17, 15) is 8.42 Å². The SMILES string of the molecule is COc1ccc(S(=O)(=O)Nc2nc3ccccc3nc2Nc2ccc(OC)c(OC)c2)cc1. The van der Waals surface area contributed by atoms with Gasteiger partial charge in [0.1, 0.15) is 5.75 Å². The lowest BCUT2D eigenvalue weighted by Gasteiger charge is -2.15. The van der Waals surface area contributed by atoms with Gasteiger partial charge in [-0.3, -0.25) is 4.72 Å². The number of nitrogens with zero attached hydrogens (tertiary/aromatic N) is 2. The molecule has 9 nitrogen and oxygen atoms in total. The molecule has 4 rings (SSSR count). The van der Waals surface area contributed by atoms with Crippen LogP contribution in [0.15, 0.2) is 71.6 Å². The van der Waals surface area contributed by atoms with Crippen molar-refractivity contribution >= 4 is 38.4 Å². The first-order valence-corrected chi connectivity index (χ1v) is 11.3. The van der Waals surface area contributed by atoms with Crippen molar-refractivity contribution in [2.45, 2.75) is 4.90 Å². The second-order valence-corrected chi connectivity index (χ2v) is 8.57. The highest BCUT2D eigenvalue weighted by Crippen LogP contribution is 2.33. The van der Waals surface area contributed by atoms with Crippen LogP contribution in [0.2, 0.25) is 0 Å². The largest absolute Gasteiger partial charge is 0.497 e. The lowest BCUT2D eigenvalue weighted by molar-refractivity contribution is 0.355. The number of methoxy groups -OCH3 is 3. The summed E-state index contributed by atoms with van der Waals surface area (Å²) in [6.45, 7) is 0. The summed E-state index contributed by atoms with van der Waals surface area (Å²) in [5.74, 6) is 1.91. The van der Waals surface area contributed by atoms with Crippen molar-refractivity contribution in [2.75, 3.05) is 31.4 Å². The van der Waals surface area contributed by atoms with Crippen LogP contribution in [0.3, 0.4) is 0 Å². The van der Waals surface area contributed by atoms with E-state index >= 15 is 0 Å². The lowest BCUT2D eigenvalue weighted by atomic mass is 10.2. The Balaban J connectivity index is 1.74. The van der Waals surface area contributed by atoms with Gasteiger partial charge in [-0.05, 0) is 48.5 Å². The van der Waals surface area contributed by atoms with Crippen LogP contribution in [0.4, 0.5) is 17.3 Å². The normalized spacial score (nSPS) is 11.1. The number of sulfonamides is 1. The van der Waals surface area contributed by atoms with Crippen LogP contribution in [0.5, 0.6) is 17.2 Å². The van der Waals surface area contributed by atoms with Gasteiger partial charge in [0.15, 0.2) is 23.1 Å². The number of anilines is 3. The minimum Gasteiger partial charge on any atom is -0.497 e. The minimum absolute atomic E-state index is 0.0549. The minimum atomic E-state index is -3.94. The number of fused-ring (bicyclic) bond motifs is 1. The number of ether oxygens (including phenoxy) is 3. The Bertz CT molecular complexity index is 1390. The average Bonchev–Trinajstić information content (AvgIpc) is 2.84. The molecule has 170 valence electrons. The van der Waals surface area contributed by atoms with Crippen LogP contribution < -0.4 is 24.2 Å². The number of rotatable bonds is 8. The van der Waals surface area contributed by atoms with Crippen LogP contribution in [0.25, 0.3) is 11.0 Å². The van der Waals surface area contributed by atoms with Crippen molar-refractivity contribution in [1.29, 1.82) is 0 Å². The first-order chi connectivity index (χ1) is 15.9. The molecule has 0 amide bonds. The molecule has 0 radical (unpaired) electrons. The zero-order chi connectivity index (χ0) is 23.4. The van der Waals surface area contributed by atoms with Gasteiger partial charge in [-0.25, -0.2) is 18.4 Å². The number of nitrogens with one attached hydrogen (secondary N) is 2. The predicted octanol–water partition coefficient (Wildman–Crippen LogP) is 4.20.